The maximum absolute atomic E-state index is 13.5. The number of rotatable bonds is 10. The number of halogens is 1. The molecule has 2 amide bonds. The van der Waals surface area contributed by atoms with Gasteiger partial charge in [0.15, 0.2) is 0 Å². The van der Waals surface area contributed by atoms with E-state index in [2.05, 4.69) is 5.32 Å². The van der Waals surface area contributed by atoms with E-state index in [1.54, 1.807) is 11.0 Å². The topological polar surface area (TPSA) is 49.4 Å². The zero-order valence-electron chi connectivity index (χ0n) is 19.0. The van der Waals surface area contributed by atoms with Crippen LogP contribution in [0.2, 0.25) is 5.02 Å². The number of amides is 2. The van der Waals surface area contributed by atoms with Gasteiger partial charge in [-0.2, -0.15) is 0 Å². The molecular formula is C27H29ClN2O2S. The standard InChI is InChI=1S/C27H29ClN2O2S/c1-3-29-27(32)25(17-21-8-5-4-6-9-21)30(18-22-10-7-11-23(28)16-22)26(31)19-33-24-14-12-20(2)13-15-24/h4-16,25H,3,17-19H2,1-2H3,(H,29,32). The summed E-state index contributed by atoms with van der Waals surface area (Å²) in [6, 6.07) is 24.7. The third-order valence-corrected chi connectivity index (χ3v) is 6.48. The predicted octanol–water partition coefficient (Wildman–Crippen LogP) is 5.52. The Hall–Kier alpha value is -2.76. The molecule has 3 rings (SSSR count). The average Bonchev–Trinajstić information content (AvgIpc) is 2.81. The number of nitrogens with one attached hydrogen (secondary N) is 1. The molecule has 0 saturated carbocycles. The molecule has 0 aliphatic rings. The first-order valence-corrected chi connectivity index (χ1v) is 12.4. The molecular weight excluding hydrogens is 452 g/mol. The van der Waals surface area contributed by atoms with Gasteiger partial charge in [-0.15, -0.1) is 11.8 Å². The normalized spacial score (nSPS) is 11.6. The van der Waals surface area contributed by atoms with Crippen molar-refractivity contribution in [2.45, 2.75) is 37.8 Å². The Morgan fingerprint density at radius 1 is 0.970 bits per heavy atom. The van der Waals surface area contributed by atoms with Crippen molar-refractivity contribution in [1.82, 2.24) is 10.2 Å². The minimum atomic E-state index is -0.627. The van der Waals surface area contributed by atoms with Gasteiger partial charge in [-0.25, -0.2) is 0 Å². The minimum Gasteiger partial charge on any atom is -0.355 e. The molecule has 1 atom stereocenters. The zero-order chi connectivity index (χ0) is 23.6. The fraction of sp³-hybridized carbons (Fsp3) is 0.259. The van der Waals surface area contributed by atoms with Gasteiger partial charge in [0.2, 0.25) is 11.8 Å². The molecule has 6 heteroatoms. The lowest BCUT2D eigenvalue weighted by Crippen LogP contribution is -2.51. The molecule has 1 N–H and O–H groups in total. The van der Waals surface area contributed by atoms with E-state index in [0.29, 0.717) is 24.5 Å². The van der Waals surface area contributed by atoms with Crippen LogP contribution in [0.1, 0.15) is 23.6 Å². The lowest BCUT2D eigenvalue weighted by molar-refractivity contribution is -0.139. The van der Waals surface area contributed by atoms with E-state index in [0.717, 1.165) is 16.0 Å². The average molecular weight is 481 g/mol. The van der Waals surface area contributed by atoms with Crippen LogP contribution in [-0.2, 0) is 22.6 Å². The first-order valence-electron chi connectivity index (χ1n) is 11.0. The van der Waals surface area contributed by atoms with Crippen molar-refractivity contribution in [1.29, 1.82) is 0 Å². The SMILES string of the molecule is CCNC(=O)C(Cc1ccccc1)N(Cc1cccc(Cl)c1)C(=O)CSc1ccc(C)cc1. The Bertz CT molecular complexity index is 1060. The van der Waals surface area contributed by atoms with Crippen molar-refractivity contribution in [3.8, 4) is 0 Å². The Kier molecular flexibility index (Phi) is 9.40. The van der Waals surface area contributed by atoms with Crippen LogP contribution >= 0.6 is 23.4 Å². The number of hydrogen-bond acceptors (Lipinski definition) is 3. The summed E-state index contributed by atoms with van der Waals surface area (Å²) in [6.45, 7) is 4.73. The minimum absolute atomic E-state index is 0.0901. The van der Waals surface area contributed by atoms with Gasteiger partial charge in [-0.05, 0) is 49.2 Å². The highest BCUT2D eigenvalue weighted by Crippen LogP contribution is 2.22. The number of hydrogen-bond donors (Lipinski definition) is 1. The van der Waals surface area contributed by atoms with Gasteiger partial charge in [0, 0.05) is 29.4 Å². The molecule has 3 aromatic carbocycles. The second-order valence-corrected chi connectivity index (χ2v) is 9.34. The van der Waals surface area contributed by atoms with Crippen molar-refractivity contribution < 1.29 is 9.59 Å². The number of nitrogens with zero attached hydrogens (tertiary/aromatic N) is 1. The van der Waals surface area contributed by atoms with E-state index in [-0.39, 0.29) is 17.6 Å². The molecule has 4 nitrogen and oxygen atoms in total. The van der Waals surface area contributed by atoms with Gasteiger partial charge in [0.1, 0.15) is 6.04 Å². The fourth-order valence-electron chi connectivity index (χ4n) is 3.54. The van der Waals surface area contributed by atoms with Gasteiger partial charge < -0.3 is 10.2 Å². The highest BCUT2D eigenvalue weighted by molar-refractivity contribution is 8.00. The van der Waals surface area contributed by atoms with Crippen LogP contribution in [0.3, 0.4) is 0 Å². The van der Waals surface area contributed by atoms with Crippen LogP contribution in [0.15, 0.2) is 83.8 Å². The van der Waals surface area contributed by atoms with Gasteiger partial charge in [0.05, 0.1) is 5.75 Å². The summed E-state index contributed by atoms with van der Waals surface area (Å²) in [4.78, 5) is 29.3. The summed E-state index contributed by atoms with van der Waals surface area (Å²) >= 11 is 7.68. The summed E-state index contributed by atoms with van der Waals surface area (Å²) in [5.74, 6) is -0.00119. The van der Waals surface area contributed by atoms with Crippen molar-refractivity contribution in [3.05, 3.63) is 101 Å². The lowest BCUT2D eigenvalue weighted by atomic mass is 10.0. The van der Waals surface area contributed by atoms with Gasteiger partial charge in [-0.1, -0.05) is 71.8 Å². The Labute approximate surface area is 205 Å². The van der Waals surface area contributed by atoms with Crippen LogP contribution < -0.4 is 5.32 Å². The van der Waals surface area contributed by atoms with E-state index in [4.69, 9.17) is 11.6 Å². The van der Waals surface area contributed by atoms with E-state index in [1.165, 1.54) is 17.3 Å². The molecule has 0 radical (unpaired) electrons. The largest absolute Gasteiger partial charge is 0.355 e. The smallest absolute Gasteiger partial charge is 0.243 e. The maximum Gasteiger partial charge on any atom is 0.243 e. The Balaban J connectivity index is 1.88. The molecule has 3 aromatic rings. The van der Waals surface area contributed by atoms with E-state index in [9.17, 15) is 9.59 Å². The van der Waals surface area contributed by atoms with Crippen molar-refractivity contribution >= 4 is 35.2 Å². The summed E-state index contributed by atoms with van der Waals surface area (Å²) in [6.07, 6.45) is 0.439. The molecule has 0 aromatic heterocycles. The van der Waals surface area contributed by atoms with Crippen molar-refractivity contribution in [2.24, 2.45) is 0 Å². The van der Waals surface area contributed by atoms with Gasteiger partial charge in [-0.3, -0.25) is 9.59 Å². The number of carbonyl (C=O) groups is 2. The second kappa shape index (κ2) is 12.5. The maximum atomic E-state index is 13.5. The summed E-state index contributed by atoms with van der Waals surface area (Å²) in [5.41, 5.74) is 3.06. The van der Waals surface area contributed by atoms with Crippen LogP contribution in [0.4, 0.5) is 0 Å². The summed E-state index contributed by atoms with van der Waals surface area (Å²) < 4.78 is 0. The Morgan fingerprint density at radius 3 is 2.33 bits per heavy atom. The van der Waals surface area contributed by atoms with Crippen molar-refractivity contribution in [2.75, 3.05) is 12.3 Å². The highest BCUT2D eigenvalue weighted by atomic mass is 35.5. The molecule has 0 fully saturated rings. The van der Waals surface area contributed by atoms with Gasteiger partial charge >= 0.3 is 0 Å². The lowest BCUT2D eigenvalue weighted by Gasteiger charge is -2.31. The number of thioether (sulfide) groups is 1. The van der Waals surface area contributed by atoms with E-state index < -0.39 is 6.04 Å². The molecule has 0 aliphatic carbocycles. The second-order valence-electron chi connectivity index (χ2n) is 7.85. The van der Waals surface area contributed by atoms with Crippen molar-refractivity contribution in [3.63, 3.8) is 0 Å². The monoisotopic (exact) mass is 480 g/mol. The van der Waals surface area contributed by atoms with Crippen LogP contribution in [0.5, 0.6) is 0 Å². The number of carbonyl (C=O) groups excluding carboxylic acids is 2. The molecule has 0 saturated heterocycles. The molecule has 1 unspecified atom stereocenters. The fourth-order valence-corrected chi connectivity index (χ4v) is 4.54. The third-order valence-electron chi connectivity index (χ3n) is 5.25. The molecule has 0 aliphatic heterocycles. The Morgan fingerprint density at radius 2 is 1.67 bits per heavy atom. The number of aryl methyl sites for hydroxylation is 1. The summed E-state index contributed by atoms with van der Waals surface area (Å²) in [5, 5.41) is 3.52. The van der Waals surface area contributed by atoms with Crippen LogP contribution in [-0.4, -0.2) is 35.1 Å². The first kappa shape index (κ1) is 24.9. The van der Waals surface area contributed by atoms with E-state index >= 15 is 0 Å². The number of likely N-dealkylation sites (N-methyl/N-ethyl adjacent to an activating group) is 1. The van der Waals surface area contributed by atoms with Crippen LogP contribution in [0.25, 0.3) is 0 Å². The summed E-state index contributed by atoms with van der Waals surface area (Å²) in [7, 11) is 0. The van der Waals surface area contributed by atoms with E-state index in [1.807, 2.05) is 86.6 Å². The third kappa shape index (κ3) is 7.65. The zero-order valence-corrected chi connectivity index (χ0v) is 20.5. The molecule has 33 heavy (non-hydrogen) atoms. The van der Waals surface area contributed by atoms with Crippen LogP contribution in [0, 0.1) is 6.92 Å². The predicted molar refractivity (Wildman–Crippen MR) is 137 cm³/mol. The molecule has 0 heterocycles. The molecule has 0 bridgehead atoms. The highest BCUT2D eigenvalue weighted by Gasteiger charge is 2.30. The first-order chi connectivity index (χ1) is 16.0. The van der Waals surface area contributed by atoms with Gasteiger partial charge in [0.25, 0.3) is 0 Å². The molecule has 172 valence electrons. The molecule has 0 spiro atoms. The quantitative estimate of drug-likeness (QED) is 0.389. The number of benzene rings is 3.